The molecule has 0 aliphatic heterocycles. The molecule has 3 rings (SSSR count). The van der Waals surface area contributed by atoms with Crippen molar-refractivity contribution < 1.29 is 4.42 Å². The average molecular weight is 279 g/mol. The standard InChI is InChI=1S/C19H21NO/c1-3-10-20-13-15-5-7-16(8-6-15)19-12-17-11-14(2)4-9-18(17)21-19/h4-9,11-12,20H,3,10,13H2,1-2H3. The van der Waals surface area contributed by atoms with Crippen LogP contribution < -0.4 is 5.32 Å². The molecule has 0 fully saturated rings. The number of benzene rings is 2. The van der Waals surface area contributed by atoms with Crippen molar-refractivity contribution in [2.45, 2.75) is 26.8 Å². The third-order valence-corrected chi connectivity index (χ3v) is 3.67. The van der Waals surface area contributed by atoms with Gasteiger partial charge in [0.25, 0.3) is 0 Å². The van der Waals surface area contributed by atoms with E-state index in [9.17, 15) is 0 Å². The number of nitrogens with one attached hydrogen (secondary N) is 1. The summed E-state index contributed by atoms with van der Waals surface area (Å²) in [6.45, 7) is 6.27. The van der Waals surface area contributed by atoms with Crippen LogP contribution in [0.15, 0.2) is 52.9 Å². The lowest BCUT2D eigenvalue weighted by molar-refractivity contribution is 0.631. The van der Waals surface area contributed by atoms with E-state index >= 15 is 0 Å². The lowest BCUT2D eigenvalue weighted by Crippen LogP contribution is -2.13. The van der Waals surface area contributed by atoms with E-state index in [1.54, 1.807) is 0 Å². The molecule has 0 spiro atoms. The van der Waals surface area contributed by atoms with Gasteiger partial charge in [-0.2, -0.15) is 0 Å². The molecule has 1 N–H and O–H groups in total. The summed E-state index contributed by atoms with van der Waals surface area (Å²) < 4.78 is 5.93. The molecule has 1 heterocycles. The molecule has 0 atom stereocenters. The van der Waals surface area contributed by atoms with Crippen LogP contribution >= 0.6 is 0 Å². The van der Waals surface area contributed by atoms with Gasteiger partial charge in [-0.15, -0.1) is 0 Å². The highest BCUT2D eigenvalue weighted by atomic mass is 16.3. The second kappa shape index (κ2) is 6.15. The maximum absolute atomic E-state index is 5.93. The molecule has 0 aliphatic rings. The van der Waals surface area contributed by atoms with Crippen LogP contribution in [-0.2, 0) is 6.54 Å². The quantitative estimate of drug-likeness (QED) is 0.671. The van der Waals surface area contributed by atoms with E-state index in [1.807, 2.05) is 6.07 Å². The maximum atomic E-state index is 5.93. The summed E-state index contributed by atoms with van der Waals surface area (Å²) in [4.78, 5) is 0. The molecule has 0 saturated heterocycles. The fraction of sp³-hybridized carbons (Fsp3) is 0.263. The Balaban J connectivity index is 1.81. The predicted molar refractivity (Wildman–Crippen MR) is 88.4 cm³/mol. The molecule has 21 heavy (non-hydrogen) atoms. The fourth-order valence-electron chi connectivity index (χ4n) is 2.50. The molecule has 2 aromatic carbocycles. The summed E-state index contributed by atoms with van der Waals surface area (Å²) in [5.74, 6) is 0.934. The van der Waals surface area contributed by atoms with Crippen molar-refractivity contribution in [1.82, 2.24) is 5.32 Å². The van der Waals surface area contributed by atoms with Crippen molar-refractivity contribution >= 4 is 11.0 Å². The van der Waals surface area contributed by atoms with Crippen LogP contribution in [0.3, 0.4) is 0 Å². The van der Waals surface area contributed by atoms with Crippen LogP contribution in [0.1, 0.15) is 24.5 Å². The Bertz CT molecular complexity index is 725. The molecule has 2 heteroatoms. The van der Waals surface area contributed by atoms with Gasteiger partial charge in [-0.1, -0.05) is 42.8 Å². The lowest BCUT2D eigenvalue weighted by Gasteiger charge is -2.04. The highest BCUT2D eigenvalue weighted by Gasteiger charge is 2.06. The SMILES string of the molecule is CCCNCc1ccc(-c2cc3cc(C)ccc3o2)cc1. The summed E-state index contributed by atoms with van der Waals surface area (Å²) in [5.41, 5.74) is 4.64. The molecule has 0 amide bonds. The van der Waals surface area contributed by atoms with Gasteiger partial charge in [0.15, 0.2) is 0 Å². The highest BCUT2D eigenvalue weighted by molar-refractivity contribution is 5.83. The third-order valence-electron chi connectivity index (χ3n) is 3.67. The molecule has 2 nitrogen and oxygen atoms in total. The predicted octanol–water partition coefficient (Wildman–Crippen LogP) is 4.91. The van der Waals surface area contributed by atoms with E-state index in [0.717, 1.165) is 36.4 Å². The lowest BCUT2D eigenvalue weighted by atomic mass is 10.1. The Morgan fingerprint density at radius 1 is 1.00 bits per heavy atom. The van der Waals surface area contributed by atoms with Crippen LogP contribution in [0.5, 0.6) is 0 Å². The first-order chi connectivity index (χ1) is 10.3. The second-order valence-electron chi connectivity index (χ2n) is 5.53. The Labute approximate surface area is 125 Å². The molecule has 0 bridgehead atoms. The van der Waals surface area contributed by atoms with E-state index in [4.69, 9.17) is 4.42 Å². The number of hydrogen-bond donors (Lipinski definition) is 1. The highest BCUT2D eigenvalue weighted by Crippen LogP contribution is 2.28. The molecule has 0 aliphatic carbocycles. The van der Waals surface area contributed by atoms with Crippen molar-refractivity contribution in [3.63, 3.8) is 0 Å². The van der Waals surface area contributed by atoms with Gasteiger partial charge in [-0.25, -0.2) is 0 Å². The van der Waals surface area contributed by atoms with E-state index in [0.29, 0.717) is 0 Å². The normalized spacial score (nSPS) is 11.1. The first-order valence-electron chi connectivity index (χ1n) is 7.56. The van der Waals surface area contributed by atoms with Crippen molar-refractivity contribution in [3.8, 4) is 11.3 Å². The largest absolute Gasteiger partial charge is 0.456 e. The Hall–Kier alpha value is -2.06. The van der Waals surface area contributed by atoms with Crippen LogP contribution in [0.2, 0.25) is 0 Å². The average Bonchev–Trinajstić information content (AvgIpc) is 2.91. The summed E-state index contributed by atoms with van der Waals surface area (Å²) >= 11 is 0. The number of fused-ring (bicyclic) bond motifs is 1. The molecule has 0 radical (unpaired) electrons. The Kier molecular flexibility index (Phi) is 4.07. The zero-order valence-electron chi connectivity index (χ0n) is 12.6. The molecule has 1 aromatic heterocycles. The van der Waals surface area contributed by atoms with Crippen LogP contribution in [-0.4, -0.2) is 6.54 Å². The molecular weight excluding hydrogens is 258 g/mol. The van der Waals surface area contributed by atoms with Gasteiger partial charge < -0.3 is 9.73 Å². The molecular formula is C19H21NO. The van der Waals surface area contributed by atoms with Gasteiger partial charge in [0.1, 0.15) is 11.3 Å². The maximum Gasteiger partial charge on any atom is 0.135 e. The number of furan rings is 1. The zero-order chi connectivity index (χ0) is 14.7. The monoisotopic (exact) mass is 279 g/mol. The number of aryl methyl sites for hydroxylation is 1. The number of hydrogen-bond acceptors (Lipinski definition) is 2. The summed E-state index contributed by atoms with van der Waals surface area (Å²) in [7, 11) is 0. The molecule has 0 unspecified atom stereocenters. The first-order valence-corrected chi connectivity index (χ1v) is 7.56. The van der Waals surface area contributed by atoms with Crippen LogP contribution in [0, 0.1) is 6.92 Å². The van der Waals surface area contributed by atoms with E-state index in [1.165, 1.54) is 16.5 Å². The minimum absolute atomic E-state index is 0.924. The Morgan fingerprint density at radius 2 is 1.81 bits per heavy atom. The van der Waals surface area contributed by atoms with Gasteiger partial charge in [-0.3, -0.25) is 0 Å². The van der Waals surface area contributed by atoms with Crippen molar-refractivity contribution in [2.24, 2.45) is 0 Å². The molecule has 0 saturated carbocycles. The van der Waals surface area contributed by atoms with Gasteiger partial charge >= 0.3 is 0 Å². The number of rotatable bonds is 5. The zero-order valence-corrected chi connectivity index (χ0v) is 12.6. The van der Waals surface area contributed by atoms with Gasteiger partial charge in [0.2, 0.25) is 0 Å². The van der Waals surface area contributed by atoms with E-state index in [2.05, 4.69) is 61.6 Å². The summed E-state index contributed by atoms with van der Waals surface area (Å²) in [5, 5.41) is 4.58. The summed E-state index contributed by atoms with van der Waals surface area (Å²) in [6.07, 6.45) is 1.16. The fourth-order valence-corrected chi connectivity index (χ4v) is 2.50. The second-order valence-corrected chi connectivity index (χ2v) is 5.53. The smallest absolute Gasteiger partial charge is 0.135 e. The summed E-state index contributed by atoms with van der Waals surface area (Å²) in [6, 6.07) is 17.0. The van der Waals surface area contributed by atoms with E-state index in [-0.39, 0.29) is 0 Å². The van der Waals surface area contributed by atoms with Crippen molar-refractivity contribution in [3.05, 3.63) is 59.7 Å². The molecule has 108 valence electrons. The van der Waals surface area contributed by atoms with Crippen molar-refractivity contribution in [1.29, 1.82) is 0 Å². The van der Waals surface area contributed by atoms with Gasteiger partial charge in [0.05, 0.1) is 0 Å². The first kappa shape index (κ1) is 13.9. The third kappa shape index (κ3) is 3.17. The van der Waals surface area contributed by atoms with Crippen molar-refractivity contribution in [2.75, 3.05) is 6.54 Å². The minimum atomic E-state index is 0.924. The van der Waals surface area contributed by atoms with Gasteiger partial charge in [-0.05, 0) is 43.7 Å². The topological polar surface area (TPSA) is 25.2 Å². The van der Waals surface area contributed by atoms with Crippen LogP contribution in [0.25, 0.3) is 22.3 Å². The van der Waals surface area contributed by atoms with Gasteiger partial charge in [0, 0.05) is 17.5 Å². The minimum Gasteiger partial charge on any atom is -0.456 e. The Morgan fingerprint density at radius 3 is 2.57 bits per heavy atom. The van der Waals surface area contributed by atoms with Crippen LogP contribution in [0.4, 0.5) is 0 Å². The molecule has 3 aromatic rings. The van der Waals surface area contributed by atoms with E-state index < -0.39 is 0 Å².